The molecule has 0 spiro atoms. The number of nitrogens with one attached hydrogen (secondary N) is 1. The number of benzene rings is 2. The molecule has 5 rings (SSSR count). The highest BCUT2D eigenvalue weighted by atomic mass is 79.9. The van der Waals surface area contributed by atoms with Crippen LogP contribution in [0, 0.1) is 0 Å². The molecule has 1 unspecified atom stereocenters. The normalized spacial score (nSPS) is 16.8. The molecule has 0 saturated carbocycles. The van der Waals surface area contributed by atoms with Crippen LogP contribution in [-0.2, 0) is 26.0 Å². The van der Waals surface area contributed by atoms with E-state index in [9.17, 15) is 18.0 Å². The summed E-state index contributed by atoms with van der Waals surface area (Å²) in [7, 11) is -3.98. The van der Waals surface area contributed by atoms with E-state index in [1.807, 2.05) is 30.5 Å². The molecule has 34 heavy (non-hydrogen) atoms. The summed E-state index contributed by atoms with van der Waals surface area (Å²) in [6, 6.07) is 16.6. The first kappa shape index (κ1) is 23.0. The highest BCUT2D eigenvalue weighted by Crippen LogP contribution is 2.32. The number of aromatic nitrogens is 1. The zero-order valence-electron chi connectivity index (χ0n) is 17.8. The average Bonchev–Trinajstić information content (AvgIpc) is 3.56. The summed E-state index contributed by atoms with van der Waals surface area (Å²) >= 11 is 4.44. The third-order valence-corrected chi connectivity index (χ3v) is 9.70. The van der Waals surface area contributed by atoms with Crippen LogP contribution in [0.1, 0.15) is 12.0 Å². The maximum atomic E-state index is 13.6. The van der Waals surface area contributed by atoms with Crippen LogP contribution < -0.4 is 4.90 Å². The van der Waals surface area contributed by atoms with Crippen LogP contribution in [0.15, 0.2) is 80.9 Å². The number of nitrogens with zero attached hydrogens (tertiary/aromatic N) is 2. The number of aromatic amines is 1. The highest BCUT2D eigenvalue weighted by molar-refractivity contribution is 9.10. The number of H-pyrrole nitrogens is 1. The van der Waals surface area contributed by atoms with Gasteiger partial charge in [0.05, 0.1) is 12.1 Å². The van der Waals surface area contributed by atoms with Crippen molar-refractivity contribution in [1.82, 2.24) is 9.29 Å². The minimum Gasteiger partial charge on any atom is -0.361 e. The Hall–Kier alpha value is -2.79. The van der Waals surface area contributed by atoms with Gasteiger partial charge in [-0.25, -0.2) is 13.3 Å². The molecule has 10 heteroatoms. The summed E-state index contributed by atoms with van der Waals surface area (Å²) in [6.45, 7) is 0.0694. The quantitative estimate of drug-likeness (QED) is 0.337. The van der Waals surface area contributed by atoms with Gasteiger partial charge in [0.2, 0.25) is 5.91 Å². The lowest BCUT2D eigenvalue weighted by atomic mass is 10.1. The Morgan fingerprint density at radius 3 is 2.56 bits per heavy atom. The fraction of sp³-hybridized carbons (Fsp3) is 0.167. The van der Waals surface area contributed by atoms with E-state index in [1.165, 1.54) is 10.4 Å². The number of hydrogen-bond donors (Lipinski definition) is 1. The van der Waals surface area contributed by atoms with E-state index in [2.05, 4.69) is 20.9 Å². The van der Waals surface area contributed by atoms with Crippen LogP contribution in [0.25, 0.3) is 10.9 Å². The van der Waals surface area contributed by atoms with Crippen molar-refractivity contribution < 1.29 is 18.0 Å². The van der Waals surface area contributed by atoms with Gasteiger partial charge >= 0.3 is 0 Å². The van der Waals surface area contributed by atoms with Crippen LogP contribution in [-0.4, -0.2) is 42.1 Å². The molecule has 3 heterocycles. The molecule has 174 valence electrons. The Balaban J connectivity index is 1.49. The Morgan fingerprint density at radius 2 is 1.82 bits per heavy atom. The van der Waals surface area contributed by atoms with Crippen molar-refractivity contribution in [2.75, 3.05) is 11.4 Å². The van der Waals surface area contributed by atoms with Crippen molar-refractivity contribution in [2.45, 2.75) is 23.1 Å². The first-order valence-electron chi connectivity index (χ1n) is 10.6. The number of halogens is 1. The van der Waals surface area contributed by atoms with Gasteiger partial charge < -0.3 is 4.98 Å². The van der Waals surface area contributed by atoms with E-state index in [1.54, 1.807) is 35.7 Å². The predicted octanol–water partition coefficient (Wildman–Crippen LogP) is 4.56. The number of fused-ring (bicyclic) bond motifs is 1. The number of hydrogen-bond acceptors (Lipinski definition) is 5. The summed E-state index contributed by atoms with van der Waals surface area (Å²) in [5, 5.41) is 2.68. The zero-order chi connectivity index (χ0) is 23.9. The number of sulfonamides is 1. The fourth-order valence-corrected chi connectivity index (χ4v) is 7.21. The van der Waals surface area contributed by atoms with Crippen molar-refractivity contribution in [3.63, 3.8) is 0 Å². The molecule has 1 atom stereocenters. The van der Waals surface area contributed by atoms with Crippen LogP contribution in [0.3, 0.4) is 0 Å². The smallest absolute Gasteiger partial charge is 0.253 e. The van der Waals surface area contributed by atoms with Crippen molar-refractivity contribution in [1.29, 1.82) is 0 Å². The highest BCUT2D eigenvalue weighted by Gasteiger charge is 2.47. The summed E-state index contributed by atoms with van der Waals surface area (Å²) < 4.78 is 29.3. The molecule has 2 aromatic carbocycles. The van der Waals surface area contributed by atoms with E-state index in [4.69, 9.17) is 0 Å². The van der Waals surface area contributed by atoms with E-state index in [-0.39, 0.29) is 17.2 Å². The monoisotopic (exact) mass is 557 g/mol. The summed E-state index contributed by atoms with van der Waals surface area (Å²) in [5.74, 6) is -0.956. The number of carbonyl (C=O) groups is 2. The van der Waals surface area contributed by atoms with Crippen molar-refractivity contribution in [3.8, 4) is 0 Å². The SMILES string of the molecule is O=C1CC(N(CCc2c[nH]c3ccccc23)S(=O)(=O)c2cccs2)C(=O)N1c1ccc(Br)cc1. The van der Waals surface area contributed by atoms with Gasteiger partial charge in [-0.15, -0.1) is 11.3 Å². The van der Waals surface area contributed by atoms with Crippen molar-refractivity contribution >= 4 is 65.7 Å². The molecule has 0 aliphatic carbocycles. The molecule has 1 saturated heterocycles. The second-order valence-corrected chi connectivity index (χ2v) is 11.9. The third kappa shape index (κ3) is 4.11. The molecule has 1 aliphatic rings. The number of para-hydroxylation sites is 1. The Morgan fingerprint density at radius 1 is 1.06 bits per heavy atom. The molecule has 0 radical (unpaired) electrons. The Bertz CT molecular complexity index is 1460. The molecular formula is C24H20BrN3O4S2. The van der Waals surface area contributed by atoms with Gasteiger partial charge in [-0.3, -0.25) is 9.59 Å². The molecule has 4 aromatic rings. The summed E-state index contributed by atoms with van der Waals surface area (Å²) in [4.78, 5) is 30.6. The second kappa shape index (κ2) is 9.10. The van der Waals surface area contributed by atoms with Crippen LogP contribution in [0.4, 0.5) is 5.69 Å². The van der Waals surface area contributed by atoms with E-state index < -0.39 is 27.9 Å². The summed E-state index contributed by atoms with van der Waals surface area (Å²) in [6.07, 6.45) is 2.05. The Kier molecular flexibility index (Phi) is 6.15. The minimum absolute atomic E-state index is 0.0694. The van der Waals surface area contributed by atoms with Gasteiger partial charge in [-0.2, -0.15) is 4.31 Å². The lowest BCUT2D eigenvalue weighted by molar-refractivity contribution is -0.122. The van der Waals surface area contributed by atoms with Gasteiger partial charge in [0.1, 0.15) is 10.3 Å². The van der Waals surface area contributed by atoms with Gasteiger partial charge in [0.15, 0.2) is 0 Å². The maximum Gasteiger partial charge on any atom is 0.253 e. The molecule has 2 amide bonds. The summed E-state index contributed by atoms with van der Waals surface area (Å²) in [5.41, 5.74) is 2.33. The topological polar surface area (TPSA) is 90.5 Å². The average molecular weight is 558 g/mol. The van der Waals surface area contributed by atoms with Gasteiger partial charge in [-0.1, -0.05) is 40.2 Å². The van der Waals surface area contributed by atoms with Gasteiger partial charge in [0.25, 0.3) is 15.9 Å². The first-order chi connectivity index (χ1) is 16.4. The van der Waals surface area contributed by atoms with E-state index in [0.717, 1.165) is 37.2 Å². The first-order valence-corrected chi connectivity index (χ1v) is 13.7. The fourth-order valence-electron chi connectivity index (χ4n) is 4.24. The minimum atomic E-state index is -3.98. The Labute approximate surface area is 209 Å². The molecule has 1 aliphatic heterocycles. The van der Waals surface area contributed by atoms with Crippen LogP contribution >= 0.6 is 27.3 Å². The number of thiophene rings is 1. The molecule has 1 N–H and O–H groups in total. The molecular weight excluding hydrogens is 538 g/mol. The zero-order valence-corrected chi connectivity index (χ0v) is 21.1. The van der Waals surface area contributed by atoms with Gasteiger partial charge in [-0.05, 0) is 53.8 Å². The number of carbonyl (C=O) groups excluding carboxylic acids is 2. The van der Waals surface area contributed by atoms with E-state index >= 15 is 0 Å². The standard InChI is InChI=1S/C24H20BrN3O4S2/c25-17-7-9-18(10-8-17)28-22(29)14-21(24(28)30)27(34(31,32)23-6-3-13-33-23)12-11-16-15-26-20-5-2-1-4-19(16)20/h1-10,13,15,21,26H,11-12,14H2. The number of imide groups is 1. The lowest BCUT2D eigenvalue weighted by Gasteiger charge is -2.26. The van der Waals surface area contributed by atoms with Crippen LogP contribution in [0.2, 0.25) is 0 Å². The molecule has 1 fully saturated rings. The predicted molar refractivity (Wildman–Crippen MR) is 135 cm³/mol. The number of anilines is 1. The molecule has 2 aromatic heterocycles. The van der Waals surface area contributed by atoms with Crippen LogP contribution in [0.5, 0.6) is 0 Å². The van der Waals surface area contributed by atoms with E-state index in [0.29, 0.717) is 12.1 Å². The second-order valence-electron chi connectivity index (χ2n) is 7.92. The molecule has 7 nitrogen and oxygen atoms in total. The number of amides is 2. The number of rotatable bonds is 7. The van der Waals surface area contributed by atoms with Crippen molar-refractivity contribution in [3.05, 3.63) is 82.3 Å². The maximum absolute atomic E-state index is 13.6. The molecule has 0 bridgehead atoms. The van der Waals surface area contributed by atoms with Gasteiger partial charge in [0, 0.05) is 28.1 Å². The van der Waals surface area contributed by atoms with Crippen molar-refractivity contribution in [2.24, 2.45) is 0 Å². The third-order valence-electron chi connectivity index (χ3n) is 5.89. The lowest BCUT2D eigenvalue weighted by Crippen LogP contribution is -2.46. The largest absolute Gasteiger partial charge is 0.361 e.